The maximum Gasteiger partial charge on any atom is 0.132 e. The fourth-order valence-electron chi connectivity index (χ4n) is 1.78. The molecule has 0 bridgehead atoms. The van der Waals surface area contributed by atoms with Gasteiger partial charge in [0.1, 0.15) is 12.2 Å². The van der Waals surface area contributed by atoms with Gasteiger partial charge in [0.25, 0.3) is 0 Å². The normalized spacial score (nSPS) is 22.2. The molecule has 1 aromatic heterocycles. The van der Waals surface area contributed by atoms with E-state index < -0.39 is 0 Å². The summed E-state index contributed by atoms with van der Waals surface area (Å²) in [6.45, 7) is 2.17. The molecule has 0 saturated heterocycles. The summed E-state index contributed by atoms with van der Waals surface area (Å²) >= 11 is 0. The smallest absolute Gasteiger partial charge is 0.132 e. The maximum atomic E-state index is 4.04. The molecule has 12 heavy (non-hydrogen) atoms. The topological polar surface area (TPSA) is 42.7 Å². The van der Waals surface area contributed by atoms with Crippen molar-refractivity contribution in [2.24, 2.45) is 5.92 Å². The van der Waals surface area contributed by atoms with E-state index >= 15 is 0 Å². The van der Waals surface area contributed by atoms with Gasteiger partial charge in [-0.05, 0) is 25.9 Å². The van der Waals surface area contributed by atoms with Crippen LogP contribution in [-0.4, -0.2) is 28.4 Å². The molecule has 2 heterocycles. The Hall–Kier alpha value is -0.900. The number of hydrogen-bond donors (Lipinski definition) is 1. The highest BCUT2D eigenvalue weighted by molar-refractivity contribution is 4.91. The number of fused-ring (bicyclic) bond motifs is 1. The third-order valence-electron chi connectivity index (χ3n) is 2.42. The third kappa shape index (κ3) is 1.34. The van der Waals surface area contributed by atoms with E-state index in [1.807, 2.05) is 13.4 Å². The van der Waals surface area contributed by atoms with E-state index in [2.05, 4.69) is 20.1 Å². The number of aromatic nitrogens is 3. The highest BCUT2D eigenvalue weighted by Gasteiger charge is 2.18. The zero-order valence-corrected chi connectivity index (χ0v) is 7.32. The van der Waals surface area contributed by atoms with Gasteiger partial charge in [0, 0.05) is 13.0 Å². The maximum absolute atomic E-state index is 4.04. The predicted molar refractivity (Wildman–Crippen MR) is 45.8 cm³/mol. The molecular weight excluding hydrogens is 152 g/mol. The minimum Gasteiger partial charge on any atom is -0.319 e. The lowest BCUT2D eigenvalue weighted by Crippen LogP contribution is -2.27. The van der Waals surface area contributed by atoms with Crippen LogP contribution < -0.4 is 5.32 Å². The van der Waals surface area contributed by atoms with E-state index in [-0.39, 0.29) is 0 Å². The van der Waals surface area contributed by atoms with Crippen molar-refractivity contribution in [3.8, 4) is 0 Å². The molecule has 1 atom stereocenters. The van der Waals surface area contributed by atoms with Crippen LogP contribution in [0.15, 0.2) is 6.33 Å². The second-order valence-electron chi connectivity index (χ2n) is 3.36. The molecular formula is C8H14N4. The van der Waals surface area contributed by atoms with E-state index in [0.717, 1.165) is 31.3 Å². The van der Waals surface area contributed by atoms with E-state index in [1.54, 1.807) is 0 Å². The zero-order valence-electron chi connectivity index (χ0n) is 7.32. The van der Waals surface area contributed by atoms with Gasteiger partial charge in [-0.1, -0.05) is 0 Å². The molecule has 0 saturated carbocycles. The Kier molecular flexibility index (Phi) is 2.08. The van der Waals surface area contributed by atoms with Crippen LogP contribution in [-0.2, 0) is 13.0 Å². The first-order valence-electron chi connectivity index (χ1n) is 4.41. The van der Waals surface area contributed by atoms with Crippen molar-refractivity contribution in [1.29, 1.82) is 0 Å². The van der Waals surface area contributed by atoms with Crippen LogP contribution in [0.3, 0.4) is 0 Å². The summed E-state index contributed by atoms with van der Waals surface area (Å²) in [5, 5.41) is 11.1. The van der Waals surface area contributed by atoms with Gasteiger partial charge in [0.05, 0.1) is 0 Å². The molecule has 4 heteroatoms. The summed E-state index contributed by atoms with van der Waals surface area (Å²) in [6, 6.07) is 0. The first kappa shape index (κ1) is 7.73. The third-order valence-corrected chi connectivity index (χ3v) is 2.42. The van der Waals surface area contributed by atoms with Crippen molar-refractivity contribution in [2.45, 2.75) is 19.4 Å². The van der Waals surface area contributed by atoms with Gasteiger partial charge in [-0.25, -0.2) is 0 Å². The summed E-state index contributed by atoms with van der Waals surface area (Å²) in [5.41, 5.74) is 0. The van der Waals surface area contributed by atoms with E-state index in [9.17, 15) is 0 Å². The van der Waals surface area contributed by atoms with Crippen molar-refractivity contribution < 1.29 is 0 Å². The molecule has 1 aliphatic heterocycles. The molecule has 2 rings (SSSR count). The summed E-state index contributed by atoms with van der Waals surface area (Å²) in [7, 11) is 2.00. The van der Waals surface area contributed by atoms with Gasteiger partial charge in [0.15, 0.2) is 0 Å². The minimum absolute atomic E-state index is 0.749. The highest BCUT2D eigenvalue weighted by atomic mass is 15.3. The predicted octanol–water partition coefficient (Wildman–Crippen LogP) is 0.0599. The van der Waals surface area contributed by atoms with E-state index in [1.165, 1.54) is 6.42 Å². The Morgan fingerprint density at radius 2 is 2.67 bits per heavy atom. The molecule has 1 aromatic rings. The highest BCUT2D eigenvalue weighted by Crippen LogP contribution is 2.16. The molecule has 1 aliphatic rings. The van der Waals surface area contributed by atoms with Crippen LogP contribution in [0.1, 0.15) is 12.2 Å². The molecule has 1 N–H and O–H groups in total. The van der Waals surface area contributed by atoms with Crippen LogP contribution >= 0.6 is 0 Å². The van der Waals surface area contributed by atoms with Crippen LogP contribution in [0.2, 0.25) is 0 Å². The van der Waals surface area contributed by atoms with E-state index in [4.69, 9.17) is 0 Å². The van der Waals surface area contributed by atoms with Crippen LogP contribution in [0, 0.1) is 5.92 Å². The second kappa shape index (κ2) is 3.23. The Morgan fingerprint density at radius 3 is 3.50 bits per heavy atom. The largest absolute Gasteiger partial charge is 0.319 e. The number of rotatable bonds is 2. The number of nitrogens with one attached hydrogen (secondary N) is 1. The van der Waals surface area contributed by atoms with Crippen LogP contribution in [0.25, 0.3) is 0 Å². The Balaban J connectivity index is 2.05. The number of nitrogens with zero attached hydrogens (tertiary/aromatic N) is 3. The van der Waals surface area contributed by atoms with Crippen molar-refractivity contribution in [3.63, 3.8) is 0 Å². The molecule has 1 unspecified atom stereocenters. The Labute approximate surface area is 72.0 Å². The average Bonchev–Trinajstić information content (AvgIpc) is 2.51. The lowest BCUT2D eigenvalue weighted by molar-refractivity contribution is 0.356. The Bertz CT molecular complexity index is 255. The molecule has 0 aromatic carbocycles. The molecule has 66 valence electrons. The lowest BCUT2D eigenvalue weighted by Gasteiger charge is -2.22. The van der Waals surface area contributed by atoms with Crippen molar-refractivity contribution >= 4 is 0 Å². The van der Waals surface area contributed by atoms with E-state index in [0.29, 0.717) is 0 Å². The molecule has 4 nitrogen and oxygen atoms in total. The minimum atomic E-state index is 0.749. The van der Waals surface area contributed by atoms with Gasteiger partial charge in [-0.15, -0.1) is 10.2 Å². The number of hydrogen-bond acceptors (Lipinski definition) is 3. The van der Waals surface area contributed by atoms with Gasteiger partial charge < -0.3 is 9.88 Å². The molecule has 0 fully saturated rings. The van der Waals surface area contributed by atoms with Crippen LogP contribution in [0.5, 0.6) is 0 Å². The van der Waals surface area contributed by atoms with Crippen LogP contribution in [0.4, 0.5) is 0 Å². The summed E-state index contributed by atoms with van der Waals surface area (Å²) in [4.78, 5) is 0. The summed E-state index contributed by atoms with van der Waals surface area (Å²) < 4.78 is 2.16. The standard InChI is InChI=1S/C8H14N4/c1-9-4-7-2-3-8-11-10-6-12(8)5-7/h6-7,9H,2-5H2,1H3. The second-order valence-corrected chi connectivity index (χ2v) is 3.36. The van der Waals surface area contributed by atoms with Gasteiger partial charge in [-0.3, -0.25) is 0 Å². The monoisotopic (exact) mass is 166 g/mol. The quantitative estimate of drug-likeness (QED) is 0.675. The molecule has 0 spiro atoms. The van der Waals surface area contributed by atoms with Crippen molar-refractivity contribution in [2.75, 3.05) is 13.6 Å². The summed E-state index contributed by atoms with van der Waals surface area (Å²) in [5.74, 6) is 1.89. The van der Waals surface area contributed by atoms with Gasteiger partial charge >= 0.3 is 0 Å². The van der Waals surface area contributed by atoms with Gasteiger partial charge in [-0.2, -0.15) is 0 Å². The molecule has 0 radical (unpaired) electrons. The lowest BCUT2D eigenvalue weighted by atomic mass is 10.00. The average molecular weight is 166 g/mol. The van der Waals surface area contributed by atoms with Crippen molar-refractivity contribution in [1.82, 2.24) is 20.1 Å². The van der Waals surface area contributed by atoms with Gasteiger partial charge in [0.2, 0.25) is 0 Å². The SMILES string of the molecule is CNCC1CCc2nncn2C1. The Morgan fingerprint density at radius 1 is 1.75 bits per heavy atom. The first-order valence-corrected chi connectivity index (χ1v) is 4.41. The van der Waals surface area contributed by atoms with Crippen molar-refractivity contribution in [3.05, 3.63) is 12.2 Å². The summed E-state index contributed by atoms with van der Waals surface area (Å²) in [6.07, 6.45) is 4.14. The fourth-order valence-corrected chi connectivity index (χ4v) is 1.78. The zero-order chi connectivity index (χ0) is 8.39. The first-order chi connectivity index (χ1) is 5.90. The molecule has 0 amide bonds. The fraction of sp³-hybridized carbons (Fsp3) is 0.750. The number of aryl methyl sites for hydroxylation is 1. The molecule has 0 aliphatic carbocycles.